The Bertz CT molecular complexity index is 629. The van der Waals surface area contributed by atoms with Gasteiger partial charge in [0, 0.05) is 19.3 Å². The molecule has 0 saturated carbocycles. The zero-order valence-corrected chi connectivity index (χ0v) is 14.5. The minimum Gasteiger partial charge on any atom is -0.394 e. The molecule has 1 fully saturated rings. The van der Waals surface area contributed by atoms with E-state index < -0.39 is 36.8 Å². The molecule has 1 aliphatic heterocycles. The first kappa shape index (κ1) is 19.5. The highest BCUT2D eigenvalue weighted by molar-refractivity contribution is 5.59. The summed E-state index contributed by atoms with van der Waals surface area (Å²) in [7, 11) is 0. The second-order valence-electron chi connectivity index (χ2n) is 5.98. The van der Waals surface area contributed by atoms with Gasteiger partial charge in [-0.2, -0.15) is 4.98 Å². The monoisotopic (exact) mass is 354 g/mol. The summed E-state index contributed by atoms with van der Waals surface area (Å²) < 4.78 is 6.41. The number of ether oxygens (including phenoxy) is 1. The normalized spacial score (nSPS) is 26.4. The third kappa shape index (κ3) is 4.63. The first-order chi connectivity index (χ1) is 12.0. The van der Waals surface area contributed by atoms with E-state index in [2.05, 4.69) is 28.7 Å². The number of aliphatic hydroxyl groups excluding tert-OH is 3. The molecule has 0 amide bonds. The van der Waals surface area contributed by atoms with Crippen molar-refractivity contribution >= 4 is 12.2 Å². The molecular formula is C16H26N4O5. The molecule has 1 saturated heterocycles. The van der Waals surface area contributed by atoms with Crippen LogP contribution in [0.25, 0.3) is 0 Å². The summed E-state index contributed by atoms with van der Waals surface area (Å²) in [4.78, 5) is 22.3. The van der Waals surface area contributed by atoms with Crippen molar-refractivity contribution in [1.82, 2.24) is 14.5 Å². The number of hydrogen-bond acceptors (Lipinski definition) is 7. The van der Waals surface area contributed by atoms with Gasteiger partial charge in [-0.05, 0) is 18.9 Å². The van der Waals surface area contributed by atoms with Crippen LogP contribution in [0.5, 0.6) is 0 Å². The maximum Gasteiger partial charge on any atom is 0.351 e. The lowest BCUT2D eigenvalue weighted by Crippen LogP contribution is -2.35. The Hall–Kier alpha value is -1.81. The van der Waals surface area contributed by atoms with E-state index in [1.165, 1.54) is 12.3 Å². The molecule has 0 radical (unpaired) electrons. The van der Waals surface area contributed by atoms with E-state index in [9.17, 15) is 15.0 Å². The number of rotatable bonds is 8. The Morgan fingerprint density at radius 3 is 2.52 bits per heavy atom. The Morgan fingerprint density at radius 1 is 1.32 bits per heavy atom. The molecule has 0 spiro atoms. The quantitative estimate of drug-likeness (QED) is 0.430. The molecule has 9 heteroatoms. The Balaban J connectivity index is 2.14. The fraction of sp³-hybridized carbons (Fsp3) is 0.688. The van der Waals surface area contributed by atoms with Crippen molar-refractivity contribution in [2.45, 2.75) is 51.2 Å². The van der Waals surface area contributed by atoms with Gasteiger partial charge in [-0.3, -0.25) is 4.57 Å². The standard InChI is InChI=1S/C16H26N4O5/c1-3-6-19(7-4-2)10-17-12-5-8-20(16(24)18-12)15-14(23)13(22)11(9-21)25-15/h5,8,10-11,13-15,21-23H,3-4,6-7,9H2,1-2H3/t11-,13?,14?,15-/m1/s1. The molecule has 2 heterocycles. The second kappa shape index (κ2) is 9.04. The van der Waals surface area contributed by atoms with E-state index in [0.717, 1.165) is 30.5 Å². The van der Waals surface area contributed by atoms with Gasteiger partial charge in [-0.15, -0.1) is 0 Å². The fourth-order valence-corrected chi connectivity index (χ4v) is 2.72. The van der Waals surface area contributed by atoms with Crippen LogP contribution in [0.2, 0.25) is 0 Å². The van der Waals surface area contributed by atoms with E-state index in [1.807, 2.05) is 0 Å². The van der Waals surface area contributed by atoms with Gasteiger partial charge in [0.25, 0.3) is 0 Å². The molecule has 1 aromatic rings. The van der Waals surface area contributed by atoms with Crippen LogP contribution in [0, 0.1) is 0 Å². The fourth-order valence-electron chi connectivity index (χ4n) is 2.72. The average Bonchev–Trinajstić information content (AvgIpc) is 2.88. The Kier molecular flexibility index (Phi) is 7.06. The van der Waals surface area contributed by atoms with Gasteiger partial charge >= 0.3 is 5.69 Å². The minimum atomic E-state index is -1.32. The van der Waals surface area contributed by atoms with Crippen LogP contribution < -0.4 is 5.69 Å². The van der Waals surface area contributed by atoms with Crippen molar-refractivity contribution in [2.24, 2.45) is 4.99 Å². The molecule has 25 heavy (non-hydrogen) atoms. The second-order valence-corrected chi connectivity index (χ2v) is 5.98. The lowest BCUT2D eigenvalue weighted by Gasteiger charge is -2.18. The maximum atomic E-state index is 12.2. The molecule has 1 aromatic heterocycles. The number of nitrogens with zero attached hydrogens (tertiary/aromatic N) is 4. The zero-order chi connectivity index (χ0) is 18.4. The summed E-state index contributed by atoms with van der Waals surface area (Å²) in [6.07, 6.45) is 0.436. The molecule has 0 bridgehead atoms. The molecule has 2 rings (SSSR count). The molecule has 0 aromatic carbocycles. The minimum absolute atomic E-state index is 0.255. The topological polar surface area (TPSA) is 120 Å². The van der Waals surface area contributed by atoms with Crippen LogP contribution in [-0.2, 0) is 4.74 Å². The summed E-state index contributed by atoms with van der Waals surface area (Å²) in [5.74, 6) is 0.255. The maximum absolute atomic E-state index is 12.2. The predicted molar refractivity (Wildman–Crippen MR) is 91.8 cm³/mol. The van der Waals surface area contributed by atoms with Crippen molar-refractivity contribution in [3.05, 3.63) is 22.7 Å². The van der Waals surface area contributed by atoms with Crippen molar-refractivity contribution < 1.29 is 20.1 Å². The summed E-state index contributed by atoms with van der Waals surface area (Å²) in [5, 5.41) is 28.9. The summed E-state index contributed by atoms with van der Waals surface area (Å²) in [6, 6.07) is 1.53. The van der Waals surface area contributed by atoms with E-state index >= 15 is 0 Å². The van der Waals surface area contributed by atoms with Crippen LogP contribution in [0.1, 0.15) is 32.9 Å². The zero-order valence-electron chi connectivity index (χ0n) is 14.5. The van der Waals surface area contributed by atoms with Gasteiger partial charge in [0.2, 0.25) is 0 Å². The molecule has 2 unspecified atom stereocenters. The molecule has 1 aliphatic rings. The van der Waals surface area contributed by atoms with E-state index in [1.54, 1.807) is 6.34 Å². The number of aliphatic hydroxyl groups is 3. The number of aromatic nitrogens is 2. The van der Waals surface area contributed by atoms with Gasteiger partial charge in [-0.1, -0.05) is 13.8 Å². The lowest BCUT2D eigenvalue weighted by molar-refractivity contribution is -0.0549. The lowest BCUT2D eigenvalue weighted by atomic mass is 10.1. The van der Waals surface area contributed by atoms with Crippen LogP contribution in [-0.4, -0.2) is 74.1 Å². The first-order valence-corrected chi connectivity index (χ1v) is 8.51. The Labute approximate surface area is 146 Å². The highest BCUT2D eigenvalue weighted by Gasteiger charge is 2.43. The van der Waals surface area contributed by atoms with Crippen LogP contribution in [0.4, 0.5) is 5.82 Å². The summed E-state index contributed by atoms with van der Waals surface area (Å²) in [6.45, 7) is 5.45. The molecule has 3 N–H and O–H groups in total. The number of hydrogen-bond donors (Lipinski definition) is 3. The third-order valence-electron chi connectivity index (χ3n) is 3.98. The van der Waals surface area contributed by atoms with E-state index in [-0.39, 0.29) is 5.82 Å². The number of aliphatic imine (C=N–C) groups is 1. The largest absolute Gasteiger partial charge is 0.394 e. The van der Waals surface area contributed by atoms with Gasteiger partial charge < -0.3 is 25.0 Å². The van der Waals surface area contributed by atoms with Crippen LogP contribution in [0.15, 0.2) is 22.1 Å². The van der Waals surface area contributed by atoms with Crippen molar-refractivity contribution in [1.29, 1.82) is 0 Å². The first-order valence-electron chi connectivity index (χ1n) is 8.51. The van der Waals surface area contributed by atoms with Crippen LogP contribution >= 0.6 is 0 Å². The third-order valence-corrected chi connectivity index (χ3v) is 3.98. The molecule has 9 nitrogen and oxygen atoms in total. The van der Waals surface area contributed by atoms with Crippen molar-refractivity contribution in [2.75, 3.05) is 19.7 Å². The average molecular weight is 354 g/mol. The molecular weight excluding hydrogens is 328 g/mol. The van der Waals surface area contributed by atoms with Gasteiger partial charge in [0.1, 0.15) is 18.3 Å². The molecule has 0 aliphatic carbocycles. The SMILES string of the molecule is CCCN(C=Nc1ccn([C@@H]2O[C@H](CO)C(O)C2O)c(=O)n1)CCC. The summed E-state index contributed by atoms with van der Waals surface area (Å²) in [5.41, 5.74) is -0.651. The highest BCUT2D eigenvalue weighted by atomic mass is 16.6. The van der Waals surface area contributed by atoms with Gasteiger partial charge in [0.15, 0.2) is 12.0 Å². The van der Waals surface area contributed by atoms with Gasteiger partial charge in [0.05, 0.1) is 12.9 Å². The van der Waals surface area contributed by atoms with Crippen LogP contribution in [0.3, 0.4) is 0 Å². The smallest absolute Gasteiger partial charge is 0.351 e. The van der Waals surface area contributed by atoms with Crippen molar-refractivity contribution in [3.63, 3.8) is 0 Å². The Morgan fingerprint density at radius 2 is 2.00 bits per heavy atom. The van der Waals surface area contributed by atoms with E-state index in [0.29, 0.717) is 0 Å². The highest BCUT2D eigenvalue weighted by Crippen LogP contribution is 2.28. The molecule has 140 valence electrons. The van der Waals surface area contributed by atoms with Crippen molar-refractivity contribution in [3.8, 4) is 0 Å². The van der Waals surface area contributed by atoms with E-state index in [4.69, 9.17) is 9.84 Å². The summed E-state index contributed by atoms with van der Waals surface area (Å²) >= 11 is 0. The molecule has 4 atom stereocenters. The predicted octanol–water partition coefficient (Wildman–Crippen LogP) is -0.363. The van der Waals surface area contributed by atoms with Gasteiger partial charge in [-0.25, -0.2) is 9.79 Å².